The Morgan fingerprint density at radius 2 is 1.85 bits per heavy atom. The van der Waals surface area contributed by atoms with Crippen LogP contribution in [-0.2, 0) is 21.3 Å². The highest BCUT2D eigenvalue weighted by Crippen LogP contribution is 2.36. The van der Waals surface area contributed by atoms with Crippen LogP contribution in [0, 0.1) is 0 Å². The number of nitrogens with one attached hydrogen (secondary N) is 1. The molecule has 6 nitrogen and oxygen atoms in total. The van der Waals surface area contributed by atoms with Crippen molar-refractivity contribution in [2.24, 2.45) is 0 Å². The Morgan fingerprint density at radius 1 is 1.24 bits per heavy atom. The van der Waals surface area contributed by atoms with Crippen molar-refractivity contribution < 1.29 is 30.7 Å². The molecule has 0 saturated carbocycles. The van der Waals surface area contributed by atoms with Gasteiger partial charge in [-0.3, -0.25) is 0 Å². The number of sulfonamides is 1. The summed E-state index contributed by atoms with van der Waals surface area (Å²) in [5, 5.41) is 0.188. The Kier molecular flexibility index (Phi) is 8.11. The van der Waals surface area contributed by atoms with Gasteiger partial charge in [0.05, 0.1) is 10.6 Å². The topological polar surface area (TPSA) is 71.5 Å². The fourth-order valence-electron chi connectivity index (χ4n) is 3.73. The predicted octanol–water partition coefficient (Wildman–Crippen LogP) is 5.18. The zero-order valence-electron chi connectivity index (χ0n) is 18.7. The quantitative estimate of drug-likeness (QED) is 0.483. The third-order valence-corrected chi connectivity index (χ3v) is 7.39. The average molecular weight is 524 g/mol. The molecule has 1 N–H and O–H groups in total. The number of anilines is 1. The van der Waals surface area contributed by atoms with Crippen LogP contribution in [0.5, 0.6) is 0 Å². The number of rotatable bonds is 8. The van der Waals surface area contributed by atoms with Gasteiger partial charge in [0.25, 0.3) is 0 Å². The lowest BCUT2D eigenvalue weighted by molar-refractivity contribution is -0.182. The minimum atomic E-state index is -5.00. The fraction of sp³-hybridized carbons (Fsp3) is 0.500. The number of aromatic nitrogens is 1. The number of ether oxygens (including phenoxy) is 1. The zero-order chi connectivity index (χ0) is 25.1. The number of hydrogen-bond acceptors (Lipinski definition) is 5. The van der Waals surface area contributed by atoms with E-state index in [0.29, 0.717) is 31.1 Å². The van der Waals surface area contributed by atoms with E-state index in [0.717, 1.165) is 25.0 Å². The zero-order valence-corrected chi connectivity index (χ0v) is 20.3. The molecule has 0 spiro atoms. The largest absolute Gasteiger partial charge is 0.423 e. The number of nitrogens with zero attached hydrogens (tertiary/aromatic N) is 2. The van der Waals surface area contributed by atoms with Crippen LogP contribution in [0.25, 0.3) is 0 Å². The molecule has 0 aliphatic carbocycles. The highest BCUT2D eigenvalue weighted by atomic mass is 35.5. The minimum absolute atomic E-state index is 0.144. The molecule has 1 aromatic heterocycles. The average Bonchev–Trinajstić information content (AvgIpc) is 2.78. The molecule has 1 aromatic carbocycles. The van der Waals surface area contributed by atoms with Gasteiger partial charge in [-0.2, -0.15) is 13.2 Å². The Hall–Kier alpha value is -1.95. The van der Waals surface area contributed by atoms with E-state index < -0.39 is 27.9 Å². The van der Waals surface area contributed by atoms with E-state index in [-0.39, 0.29) is 22.1 Å². The third kappa shape index (κ3) is 6.38. The van der Waals surface area contributed by atoms with Crippen LogP contribution in [0.3, 0.4) is 0 Å². The summed E-state index contributed by atoms with van der Waals surface area (Å²) in [6.45, 7) is 5.76. The number of hydrogen-bond donors (Lipinski definition) is 1. The van der Waals surface area contributed by atoms with E-state index in [9.17, 15) is 26.0 Å². The standard InChI is InChI=1S/C22H26ClF4N3O3S/c1-3-33-21(2)8-10-30(11-9-21)20-18(23)12-17(14-28-20)34(31,32)29-13-15-4-6-16(7-5-15)19(24)22(25,26)27/h4-7,12,14,19,29H,3,8-11,13H2,1-2H3. The van der Waals surface area contributed by atoms with Crippen LogP contribution >= 0.6 is 11.6 Å². The molecule has 1 fully saturated rings. The maximum atomic E-state index is 13.4. The molecule has 0 bridgehead atoms. The highest BCUT2D eigenvalue weighted by molar-refractivity contribution is 7.89. The van der Waals surface area contributed by atoms with Crippen LogP contribution in [-0.4, -0.2) is 44.9 Å². The molecule has 0 radical (unpaired) electrons. The van der Waals surface area contributed by atoms with Crippen LogP contribution in [0.2, 0.25) is 5.02 Å². The second-order valence-corrected chi connectivity index (χ2v) is 10.5. The molecule has 2 heterocycles. The molecular weight excluding hydrogens is 498 g/mol. The molecule has 1 unspecified atom stereocenters. The van der Waals surface area contributed by atoms with Gasteiger partial charge in [-0.25, -0.2) is 22.5 Å². The Labute approximate surface area is 201 Å². The molecule has 188 valence electrons. The van der Waals surface area contributed by atoms with Gasteiger partial charge in [0, 0.05) is 32.4 Å². The fourth-order valence-corrected chi connectivity index (χ4v) is 5.07. The second kappa shape index (κ2) is 10.3. The monoisotopic (exact) mass is 523 g/mol. The van der Waals surface area contributed by atoms with Gasteiger partial charge in [-0.05, 0) is 43.9 Å². The highest BCUT2D eigenvalue weighted by Gasteiger charge is 2.41. The van der Waals surface area contributed by atoms with Crippen molar-refractivity contribution in [1.82, 2.24) is 9.71 Å². The molecule has 2 aromatic rings. The summed E-state index contributed by atoms with van der Waals surface area (Å²) in [5.74, 6) is 0.486. The van der Waals surface area contributed by atoms with E-state index in [1.54, 1.807) is 0 Å². The van der Waals surface area contributed by atoms with Gasteiger partial charge in [-0.15, -0.1) is 0 Å². The van der Waals surface area contributed by atoms with Gasteiger partial charge in [0.1, 0.15) is 10.7 Å². The lowest BCUT2D eigenvalue weighted by atomic mass is 9.93. The van der Waals surface area contributed by atoms with Crippen LogP contribution in [0.15, 0.2) is 41.4 Å². The lowest BCUT2D eigenvalue weighted by Crippen LogP contribution is -2.44. The molecule has 3 rings (SSSR count). The molecular formula is C22H26ClF4N3O3S. The Bertz CT molecular complexity index is 1090. The van der Waals surface area contributed by atoms with Crippen molar-refractivity contribution in [1.29, 1.82) is 0 Å². The van der Waals surface area contributed by atoms with Gasteiger partial charge in [0.2, 0.25) is 16.2 Å². The number of halogens is 5. The first-order chi connectivity index (χ1) is 15.8. The van der Waals surface area contributed by atoms with Crippen LogP contribution in [0.4, 0.5) is 23.4 Å². The Morgan fingerprint density at radius 3 is 2.38 bits per heavy atom. The number of benzene rings is 1. The summed E-state index contributed by atoms with van der Waals surface area (Å²) < 4.78 is 84.3. The summed E-state index contributed by atoms with van der Waals surface area (Å²) in [6.07, 6.45) is -5.33. The van der Waals surface area contributed by atoms with E-state index in [1.165, 1.54) is 24.4 Å². The Balaban J connectivity index is 1.64. The van der Waals surface area contributed by atoms with Crippen molar-refractivity contribution in [2.45, 2.75) is 56.1 Å². The summed E-state index contributed by atoms with van der Waals surface area (Å²) >= 11 is 6.35. The van der Waals surface area contributed by atoms with Crippen molar-refractivity contribution >= 4 is 27.4 Å². The van der Waals surface area contributed by atoms with Gasteiger partial charge >= 0.3 is 6.18 Å². The lowest BCUT2D eigenvalue weighted by Gasteiger charge is -2.39. The SMILES string of the molecule is CCOC1(C)CCN(c2ncc(S(=O)(=O)NCc3ccc(C(F)C(F)(F)F)cc3)cc2Cl)CC1. The molecule has 12 heteroatoms. The van der Waals surface area contributed by atoms with Gasteiger partial charge in [-0.1, -0.05) is 35.9 Å². The molecule has 34 heavy (non-hydrogen) atoms. The summed E-state index contributed by atoms with van der Waals surface area (Å²) in [4.78, 5) is 6.09. The first kappa shape index (κ1) is 26.7. The van der Waals surface area contributed by atoms with Crippen molar-refractivity contribution in [3.8, 4) is 0 Å². The normalized spacial score (nSPS) is 17.6. The number of alkyl halides is 4. The minimum Gasteiger partial charge on any atom is -0.375 e. The molecule has 1 aliphatic heterocycles. The second-order valence-electron chi connectivity index (χ2n) is 8.32. The van der Waals surface area contributed by atoms with Crippen molar-refractivity contribution in [3.05, 3.63) is 52.7 Å². The van der Waals surface area contributed by atoms with E-state index in [1.807, 2.05) is 11.8 Å². The molecule has 1 saturated heterocycles. The van der Waals surface area contributed by atoms with Crippen molar-refractivity contribution in [2.75, 3.05) is 24.6 Å². The maximum absolute atomic E-state index is 13.4. The predicted molar refractivity (Wildman–Crippen MR) is 121 cm³/mol. The van der Waals surface area contributed by atoms with E-state index >= 15 is 0 Å². The number of pyridine rings is 1. The van der Waals surface area contributed by atoms with E-state index in [4.69, 9.17) is 16.3 Å². The maximum Gasteiger partial charge on any atom is 0.423 e. The molecule has 1 atom stereocenters. The van der Waals surface area contributed by atoms with Gasteiger partial charge < -0.3 is 9.64 Å². The molecule has 1 aliphatic rings. The summed E-state index contributed by atoms with van der Waals surface area (Å²) in [5.41, 5.74) is -0.394. The summed E-state index contributed by atoms with van der Waals surface area (Å²) in [7, 11) is -3.99. The molecule has 0 amide bonds. The smallest absolute Gasteiger partial charge is 0.375 e. The van der Waals surface area contributed by atoms with Gasteiger partial charge in [0.15, 0.2) is 0 Å². The first-order valence-electron chi connectivity index (χ1n) is 10.7. The van der Waals surface area contributed by atoms with Crippen LogP contribution < -0.4 is 9.62 Å². The third-order valence-electron chi connectivity index (χ3n) is 5.75. The summed E-state index contributed by atoms with van der Waals surface area (Å²) in [6, 6.07) is 5.73. The first-order valence-corrected chi connectivity index (χ1v) is 12.5. The van der Waals surface area contributed by atoms with E-state index in [2.05, 4.69) is 16.6 Å². The van der Waals surface area contributed by atoms with Crippen LogP contribution in [0.1, 0.15) is 44.0 Å². The number of piperidine rings is 1. The van der Waals surface area contributed by atoms with Crippen molar-refractivity contribution in [3.63, 3.8) is 0 Å².